The molecule has 2 N–H and O–H groups in total. The fourth-order valence-electron chi connectivity index (χ4n) is 2.36. The van der Waals surface area contributed by atoms with Crippen LogP contribution in [0.1, 0.15) is 30.8 Å². The second-order valence-corrected chi connectivity index (χ2v) is 6.65. The topological polar surface area (TPSA) is 106 Å². The number of amides is 2. The Morgan fingerprint density at radius 3 is 2.73 bits per heavy atom. The molecule has 0 unspecified atom stereocenters. The highest BCUT2D eigenvalue weighted by molar-refractivity contribution is 7.22. The minimum Gasteiger partial charge on any atom is -0.326 e. The van der Waals surface area contributed by atoms with Gasteiger partial charge < -0.3 is 5.32 Å². The van der Waals surface area contributed by atoms with Crippen molar-refractivity contribution in [3.05, 3.63) is 46.4 Å². The Balaban J connectivity index is 1.82. The predicted octanol–water partition coefficient (Wildman–Crippen LogP) is 2.47. The lowest BCUT2D eigenvalue weighted by molar-refractivity contribution is -0.114. The molecule has 0 spiro atoms. The van der Waals surface area contributed by atoms with Crippen molar-refractivity contribution in [1.82, 2.24) is 14.8 Å². The third-order valence-electron chi connectivity index (χ3n) is 3.46. The zero-order valence-electron chi connectivity index (χ0n) is 14.3. The van der Waals surface area contributed by atoms with E-state index < -0.39 is 5.91 Å². The summed E-state index contributed by atoms with van der Waals surface area (Å²) < 4.78 is 2.10. The van der Waals surface area contributed by atoms with Gasteiger partial charge in [0.25, 0.3) is 11.5 Å². The van der Waals surface area contributed by atoms with E-state index in [-0.39, 0.29) is 17.2 Å². The van der Waals surface area contributed by atoms with Gasteiger partial charge in [0.2, 0.25) is 5.91 Å². The zero-order valence-corrected chi connectivity index (χ0v) is 15.1. The van der Waals surface area contributed by atoms with Gasteiger partial charge in [-0.1, -0.05) is 18.3 Å². The fraction of sp³-hybridized carbons (Fsp3) is 0.235. The average Bonchev–Trinajstić information content (AvgIpc) is 2.97. The minimum absolute atomic E-state index is 0.149. The van der Waals surface area contributed by atoms with Crippen LogP contribution in [-0.4, -0.2) is 26.6 Å². The van der Waals surface area contributed by atoms with Gasteiger partial charge in [-0.2, -0.15) is 5.10 Å². The first-order valence-electron chi connectivity index (χ1n) is 8.04. The Bertz CT molecular complexity index is 1040. The van der Waals surface area contributed by atoms with Crippen LogP contribution in [0.4, 0.5) is 10.8 Å². The first kappa shape index (κ1) is 17.7. The molecule has 3 rings (SSSR count). The van der Waals surface area contributed by atoms with Crippen molar-refractivity contribution in [2.75, 3.05) is 10.6 Å². The predicted molar refractivity (Wildman–Crippen MR) is 101 cm³/mol. The molecule has 3 aromatic rings. The van der Waals surface area contributed by atoms with Crippen molar-refractivity contribution in [1.29, 1.82) is 0 Å². The van der Waals surface area contributed by atoms with Crippen LogP contribution in [0.15, 0.2) is 35.1 Å². The highest BCUT2D eigenvalue weighted by Crippen LogP contribution is 2.28. The molecule has 8 nitrogen and oxygen atoms in total. The maximum Gasteiger partial charge on any atom is 0.277 e. The number of rotatable bonds is 5. The van der Waals surface area contributed by atoms with E-state index >= 15 is 0 Å². The molecule has 0 saturated carbocycles. The normalized spacial score (nSPS) is 10.7. The number of carbonyl (C=O) groups is 2. The summed E-state index contributed by atoms with van der Waals surface area (Å²) in [6, 6.07) is 8.04. The van der Waals surface area contributed by atoms with Crippen LogP contribution in [0, 0.1) is 0 Å². The summed E-state index contributed by atoms with van der Waals surface area (Å²) in [5.74, 6) is -0.591. The number of carbonyl (C=O) groups excluding carboxylic acids is 2. The molecule has 134 valence electrons. The Morgan fingerprint density at radius 2 is 2.00 bits per heavy atom. The second kappa shape index (κ2) is 7.44. The maximum absolute atomic E-state index is 12.4. The molecule has 9 heteroatoms. The Morgan fingerprint density at radius 1 is 1.19 bits per heavy atom. The van der Waals surface area contributed by atoms with E-state index in [2.05, 4.69) is 20.7 Å². The summed E-state index contributed by atoms with van der Waals surface area (Å²) in [6.07, 6.45) is 0.743. The van der Waals surface area contributed by atoms with Crippen LogP contribution in [0.2, 0.25) is 0 Å². The van der Waals surface area contributed by atoms with Crippen molar-refractivity contribution in [3.8, 4) is 0 Å². The Kier molecular flexibility index (Phi) is 5.08. The summed E-state index contributed by atoms with van der Waals surface area (Å²) in [5.41, 5.74) is 1.29. The summed E-state index contributed by atoms with van der Waals surface area (Å²) in [4.78, 5) is 39.6. The van der Waals surface area contributed by atoms with Gasteiger partial charge >= 0.3 is 0 Å². The smallest absolute Gasteiger partial charge is 0.277 e. The van der Waals surface area contributed by atoms with E-state index in [1.54, 1.807) is 18.2 Å². The monoisotopic (exact) mass is 371 g/mol. The molecule has 0 atom stereocenters. The van der Waals surface area contributed by atoms with E-state index in [0.717, 1.165) is 11.1 Å². The van der Waals surface area contributed by atoms with Crippen LogP contribution in [0.25, 0.3) is 10.2 Å². The van der Waals surface area contributed by atoms with Crippen molar-refractivity contribution in [2.45, 2.75) is 26.8 Å². The SMILES string of the molecule is CCCn1nc(C(=O)Nc2nc3ccc(NC(C)=O)cc3s2)ccc1=O. The standard InChI is InChI=1S/C17H17N5O3S/c1-3-8-22-15(24)7-6-13(21-22)16(25)20-17-19-12-5-4-11(18-10(2)23)9-14(12)26-17/h4-7,9H,3,8H2,1-2H3,(H,18,23)(H,19,20,25). The van der Waals surface area contributed by atoms with Crippen molar-refractivity contribution < 1.29 is 9.59 Å². The number of nitrogens with zero attached hydrogens (tertiary/aromatic N) is 3. The molecule has 26 heavy (non-hydrogen) atoms. The summed E-state index contributed by atoms with van der Waals surface area (Å²) in [7, 11) is 0. The Labute approximate surface area is 152 Å². The van der Waals surface area contributed by atoms with Crippen LogP contribution < -0.4 is 16.2 Å². The quantitative estimate of drug-likeness (QED) is 0.717. The lowest BCUT2D eigenvalue weighted by Gasteiger charge is -2.05. The number of hydrogen-bond acceptors (Lipinski definition) is 6. The molecule has 0 saturated heterocycles. The number of benzene rings is 1. The summed E-state index contributed by atoms with van der Waals surface area (Å²) in [6.45, 7) is 3.82. The van der Waals surface area contributed by atoms with E-state index in [1.165, 1.54) is 35.1 Å². The van der Waals surface area contributed by atoms with Crippen LogP contribution in [0.5, 0.6) is 0 Å². The van der Waals surface area contributed by atoms with Crippen LogP contribution in [-0.2, 0) is 11.3 Å². The number of hydrogen-bond donors (Lipinski definition) is 2. The molecule has 2 heterocycles. The third-order valence-corrected chi connectivity index (χ3v) is 4.40. The van der Waals surface area contributed by atoms with E-state index in [1.807, 2.05) is 6.92 Å². The van der Waals surface area contributed by atoms with Gasteiger partial charge in [-0.05, 0) is 30.7 Å². The number of nitrogens with one attached hydrogen (secondary N) is 2. The third kappa shape index (κ3) is 3.94. The molecular formula is C17H17N5O3S. The van der Waals surface area contributed by atoms with Gasteiger partial charge in [-0.25, -0.2) is 9.67 Å². The van der Waals surface area contributed by atoms with Gasteiger partial charge in [0.15, 0.2) is 5.13 Å². The van der Waals surface area contributed by atoms with E-state index in [0.29, 0.717) is 22.9 Å². The van der Waals surface area contributed by atoms with Gasteiger partial charge in [-0.15, -0.1) is 0 Å². The lowest BCUT2D eigenvalue weighted by Crippen LogP contribution is -2.26. The van der Waals surface area contributed by atoms with Crippen LogP contribution in [0.3, 0.4) is 0 Å². The number of fused-ring (bicyclic) bond motifs is 1. The van der Waals surface area contributed by atoms with Crippen LogP contribution >= 0.6 is 11.3 Å². The molecule has 0 aliphatic rings. The largest absolute Gasteiger partial charge is 0.326 e. The van der Waals surface area contributed by atoms with Gasteiger partial charge in [0.05, 0.1) is 10.2 Å². The first-order valence-corrected chi connectivity index (χ1v) is 8.85. The van der Waals surface area contributed by atoms with E-state index in [4.69, 9.17) is 0 Å². The molecular weight excluding hydrogens is 354 g/mol. The van der Waals surface area contributed by atoms with E-state index in [9.17, 15) is 14.4 Å². The van der Waals surface area contributed by atoms with Crippen molar-refractivity contribution in [2.24, 2.45) is 0 Å². The molecule has 0 radical (unpaired) electrons. The maximum atomic E-state index is 12.4. The van der Waals surface area contributed by atoms with Crippen molar-refractivity contribution >= 4 is 44.2 Å². The molecule has 2 amide bonds. The number of aryl methyl sites for hydroxylation is 1. The number of anilines is 2. The minimum atomic E-state index is -0.434. The number of aromatic nitrogens is 3. The molecule has 2 aromatic heterocycles. The molecule has 1 aromatic carbocycles. The van der Waals surface area contributed by atoms with Crippen molar-refractivity contribution in [3.63, 3.8) is 0 Å². The highest BCUT2D eigenvalue weighted by Gasteiger charge is 2.13. The average molecular weight is 371 g/mol. The lowest BCUT2D eigenvalue weighted by atomic mass is 10.3. The highest BCUT2D eigenvalue weighted by atomic mass is 32.1. The Hall–Kier alpha value is -3.07. The van der Waals surface area contributed by atoms with Gasteiger partial charge in [-0.3, -0.25) is 19.7 Å². The first-order chi connectivity index (χ1) is 12.5. The zero-order chi connectivity index (χ0) is 18.7. The second-order valence-electron chi connectivity index (χ2n) is 5.62. The molecule has 0 fully saturated rings. The van der Waals surface area contributed by atoms with Gasteiger partial charge in [0, 0.05) is 25.2 Å². The molecule has 0 aliphatic carbocycles. The molecule has 0 aliphatic heterocycles. The fourth-order valence-corrected chi connectivity index (χ4v) is 3.26. The molecule has 0 bridgehead atoms. The summed E-state index contributed by atoms with van der Waals surface area (Å²) >= 11 is 1.29. The number of thiazole rings is 1. The summed E-state index contributed by atoms with van der Waals surface area (Å²) in [5, 5.41) is 9.90. The van der Waals surface area contributed by atoms with Gasteiger partial charge in [0.1, 0.15) is 5.69 Å².